The standard InChI is InChI=1S/C9H5ClF3N3/c10-8-15-14-5-16(8)7-3-1-2-6(4-7)9(11,12)13/h1-5H. The Kier molecular flexibility index (Phi) is 2.59. The van der Waals surface area contributed by atoms with Crippen molar-refractivity contribution >= 4 is 11.6 Å². The van der Waals surface area contributed by atoms with Crippen LogP contribution in [0.25, 0.3) is 5.69 Å². The number of alkyl halides is 3. The Labute approximate surface area is 93.5 Å². The van der Waals surface area contributed by atoms with Gasteiger partial charge in [0.2, 0.25) is 5.28 Å². The molecule has 0 fully saturated rings. The highest BCUT2D eigenvalue weighted by Gasteiger charge is 2.30. The van der Waals surface area contributed by atoms with Gasteiger partial charge in [-0.05, 0) is 29.8 Å². The van der Waals surface area contributed by atoms with E-state index in [1.54, 1.807) is 0 Å². The number of rotatable bonds is 1. The molecule has 0 radical (unpaired) electrons. The second kappa shape index (κ2) is 3.79. The fourth-order valence-corrected chi connectivity index (χ4v) is 1.41. The molecule has 7 heteroatoms. The number of aromatic nitrogens is 3. The summed E-state index contributed by atoms with van der Waals surface area (Å²) in [5.74, 6) is 0. The van der Waals surface area contributed by atoms with E-state index in [1.165, 1.54) is 23.0 Å². The third kappa shape index (κ3) is 2.01. The van der Waals surface area contributed by atoms with E-state index < -0.39 is 11.7 Å². The molecule has 1 aromatic carbocycles. The largest absolute Gasteiger partial charge is 0.416 e. The molecular formula is C9H5ClF3N3. The molecular weight excluding hydrogens is 243 g/mol. The average molecular weight is 248 g/mol. The van der Waals surface area contributed by atoms with Crippen LogP contribution in [0.3, 0.4) is 0 Å². The molecule has 0 N–H and O–H groups in total. The molecule has 0 saturated heterocycles. The predicted molar refractivity (Wildman–Crippen MR) is 51.4 cm³/mol. The molecule has 0 bridgehead atoms. The van der Waals surface area contributed by atoms with Gasteiger partial charge in [-0.15, -0.1) is 10.2 Å². The van der Waals surface area contributed by atoms with Crippen LogP contribution >= 0.6 is 11.6 Å². The van der Waals surface area contributed by atoms with Crippen molar-refractivity contribution in [3.63, 3.8) is 0 Å². The summed E-state index contributed by atoms with van der Waals surface area (Å²) in [6.07, 6.45) is -3.13. The van der Waals surface area contributed by atoms with Gasteiger partial charge in [-0.2, -0.15) is 13.2 Å². The first-order chi connectivity index (χ1) is 7.48. The molecule has 3 nitrogen and oxygen atoms in total. The predicted octanol–water partition coefficient (Wildman–Crippen LogP) is 2.94. The third-order valence-corrected chi connectivity index (χ3v) is 2.22. The Morgan fingerprint density at radius 2 is 2.00 bits per heavy atom. The van der Waals surface area contributed by atoms with Crippen molar-refractivity contribution in [1.29, 1.82) is 0 Å². The molecule has 16 heavy (non-hydrogen) atoms. The lowest BCUT2D eigenvalue weighted by Crippen LogP contribution is -2.05. The summed E-state index contributed by atoms with van der Waals surface area (Å²) in [5, 5.41) is 6.98. The zero-order valence-corrected chi connectivity index (χ0v) is 8.50. The molecule has 0 spiro atoms. The minimum absolute atomic E-state index is 0.0133. The molecule has 2 aromatic rings. The van der Waals surface area contributed by atoms with Crippen molar-refractivity contribution in [2.24, 2.45) is 0 Å². The van der Waals surface area contributed by atoms with Crippen LogP contribution < -0.4 is 0 Å². The highest BCUT2D eigenvalue weighted by atomic mass is 35.5. The SMILES string of the molecule is FC(F)(F)c1cccc(-n2cnnc2Cl)c1. The Hall–Kier alpha value is -1.56. The van der Waals surface area contributed by atoms with Gasteiger partial charge in [0.1, 0.15) is 6.33 Å². The number of halogens is 4. The Morgan fingerprint density at radius 3 is 2.56 bits per heavy atom. The van der Waals surface area contributed by atoms with Gasteiger partial charge in [0, 0.05) is 0 Å². The fraction of sp³-hybridized carbons (Fsp3) is 0.111. The minimum Gasteiger partial charge on any atom is -0.272 e. The quantitative estimate of drug-likeness (QED) is 0.776. The van der Waals surface area contributed by atoms with Crippen LogP contribution in [0.15, 0.2) is 30.6 Å². The molecule has 2 rings (SSSR count). The average Bonchev–Trinajstić information content (AvgIpc) is 2.63. The molecule has 0 atom stereocenters. The molecule has 0 saturated carbocycles. The van der Waals surface area contributed by atoms with Crippen LogP contribution in [-0.2, 0) is 6.18 Å². The summed E-state index contributed by atoms with van der Waals surface area (Å²) < 4.78 is 38.6. The second-order valence-electron chi connectivity index (χ2n) is 3.02. The number of hydrogen-bond donors (Lipinski definition) is 0. The van der Waals surface area contributed by atoms with Crippen LogP contribution in [0.1, 0.15) is 5.56 Å². The van der Waals surface area contributed by atoms with Crippen molar-refractivity contribution in [3.05, 3.63) is 41.4 Å². The zero-order chi connectivity index (χ0) is 11.8. The molecule has 0 unspecified atom stereocenters. The second-order valence-corrected chi connectivity index (χ2v) is 3.36. The first kappa shape index (κ1) is 10.9. The van der Waals surface area contributed by atoms with Crippen LogP contribution in [0.4, 0.5) is 13.2 Å². The van der Waals surface area contributed by atoms with Crippen molar-refractivity contribution < 1.29 is 13.2 Å². The van der Waals surface area contributed by atoms with Gasteiger partial charge < -0.3 is 0 Å². The minimum atomic E-state index is -4.38. The smallest absolute Gasteiger partial charge is 0.272 e. The maximum atomic E-state index is 12.4. The van der Waals surface area contributed by atoms with Crippen LogP contribution in [-0.4, -0.2) is 14.8 Å². The normalized spacial score (nSPS) is 11.8. The summed E-state index contributed by atoms with van der Waals surface area (Å²) in [5.41, 5.74) is -0.473. The third-order valence-electron chi connectivity index (χ3n) is 1.96. The monoisotopic (exact) mass is 247 g/mol. The maximum absolute atomic E-state index is 12.4. The number of hydrogen-bond acceptors (Lipinski definition) is 2. The van der Waals surface area contributed by atoms with E-state index in [4.69, 9.17) is 11.6 Å². The molecule has 1 heterocycles. The lowest BCUT2D eigenvalue weighted by Gasteiger charge is -2.08. The van der Waals surface area contributed by atoms with Crippen LogP contribution in [0, 0.1) is 0 Å². The highest BCUT2D eigenvalue weighted by Crippen LogP contribution is 2.30. The molecule has 0 amide bonds. The lowest BCUT2D eigenvalue weighted by molar-refractivity contribution is -0.137. The summed E-state index contributed by atoms with van der Waals surface area (Å²) in [4.78, 5) is 0. The van der Waals surface area contributed by atoms with Crippen molar-refractivity contribution in [1.82, 2.24) is 14.8 Å². The Bertz CT molecular complexity index is 507. The highest BCUT2D eigenvalue weighted by molar-refractivity contribution is 6.28. The van der Waals surface area contributed by atoms with Crippen molar-refractivity contribution in [3.8, 4) is 5.69 Å². The Balaban J connectivity index is 2.49. The molecule has 0 aliphatic carbocycles. The van der Waals surface area contributed by atoms with Crippen LogP contribution in [0.5, 0.6) is 0 Å². The van der Waals surface area contributed by atoms with Crippen LogP contribution in [0.2, 0.25) is 5.28 Å². The first-order valence-corrected chi connectivity index (χ1v) is 4.59. The van der Waals surface area contributed by atoms with E-state index in [2.05, 4.69) is 10.2 Å². The molecule has 0 aliphatic rings. The zero-order valence-electron chi connectivity index (χ0n) is 7.74. The summed E-state index contributed by atoms with van der Waals surface area (Å²) in [6, 6.07) is 4.76. The van der Waals surface area contributed by atoms with Gasteiger partial charge >= 0.3 is 6.18 Å². The number of benzene rings is 1. The number of nitrogens with zero attached hydrogens (tertiary/aromatic N) is 3. The van der Waals surface area contributed by atoms with E-state index in [9.17, 15) is 13.2 Å². The summed E-state index contributed by atoms with van der Waals surface area (Å²) in [6.45, 7) is 0. The molecule has 0 aliphatic heterocycles. The molecule has 1 aromatic heterocycles. The first-order valence-electron chi connectivity index (χ1n) is 4.21. The van der Waals surface area contributed by atoms with E-state index in [0.717, 1.165) is 12.1 Å². The summed E-state index contributed by atoms with van der Waals surface area (Å²) in [7, 11) is 0. The van der Waals surface area contributed by atoms with Gasteiger partial charge in [-0.3, -0.25) is 4.57 Å². The maximum Gasteiger partial charge on any atom is 0.416 e. The van der Waals surface area contributed by atoms with Crippen molar-refractivity contribution in [2.75, 3.05) is 0 Å². The van der Waals surface area contributed by atoms with Gasteiger partial charge in [0.15, 0.2) is 0 Å². The van der Waals surface area contributed by atoms with Crippen molar-refractivity contribution in [2.45, 2.75) is 6.18 Å². The lowest BCUT2D eigenvalue weighted by atomic mass is 10.2. The Morgan fingerprint density at radius 1 is 1.25 bits per heavy atom. The van der Waals surface area contributed by atoms with Gasteiger partial charge in [0.25, 0.3) is 0 Å². The van der Waals surface area contributed by atoms with E-state index in [-0.39, 0.29) is 11.0 Å². The van der Waals surface area contributed by atoms with Gasteiger partial charge in [-0.1, -0.05) is 6.07 Å². The summed E-state index contributed by atoms with van der Waals surface area (Å²) >= 11 is 5.65. The van der Waals surface area contributed by atoms with E-state index >= 15 is 0 Å². The topological polar surface area (TPSA) is 30.7 Å². The van der Waals surface area contributed by atoms with E-state index in [0.29, 0.717) is 0 Å². The van der Waals surface area contributed by atoms with E-state index in [1.807, 2.05) is 0 Å². The van der Waals surface area contributed by atoms with Gasteiger partial charge in [-0.25, -0.2) is 0 Å². The molecule has 84 valence electrons. The fourth-order valence-electron chi connectivity index (χ4n) is 1.23. The van der Waals surface area contributed by atoms with Gasteiger partial charge in [0.05, 0.1) is 11.3 Å².